The molecule has 0 aliphatic carbocycles. The lowest BCUT2D eigenvalue weighted by atomic mass is 9.95. The molecule has 0 saturated heterocycles. The molecule has 4 heterocycles. The van der Waals surface area contributed by atoms with Crippen molar-refractivity contribution in [2.45, 2.75) is 0 Å². The van der Waals surface area contributed by atoms with Gasteiger partial charge in [0, 0.05) is 49.0 Å². The van der Waals surface area contributed by atoms with Crippen molar-refractivity contribution < 1.29 is 8.83 Å². The van der Waals surface area contributed by atoms with Gasteiger partial charge in [0.1, 0.15) is 22.3 Å². The Morgan fingerprint density at radius 1 is 0.313 bits per heavy atom. The van der Waals surface area contributed by atoms with Crippen molar-refractivity contribution in [3.05, 3.63) is 218 Å². The number of benzene rings is 10. The Hall–Kier alpha value is -9.13. The SMILES string of the molecule is c1ccc(-c2nc(-c3ccc4c(c3)oc3ccccc34)nc(-n3c4ccc5ccccc5c4c4cccc(-c5cccc(-c6cccc(-c7ccc8c(c7)oc7ccccc78)c6)c5)c43)n2)cc1. The predicted octanol–water partition coefficient (Wildman–Crippen LogP) is 16.3. The smallest absolute Gasteiger partial charge is 0.238 e. The summed E-state index contributed by atoms with van der Waals surface area (Å²) in [6, 6.07) is 76.5. The molecule has 0 spiro atoms. The first kappa shape index (κ1) is 37.3. The molecule has 0 saturated carbocycles. The third kappa shape index (κ3) is 6.00. The molecule has 0 radical (unpaired) electrons. The molecule has 67 heavy (non-hydrogen) atoms. The zero-order valence-electron chi connectivity index (χ0n) is 35.9. The quantitative estimate of drug-likeness (QED) is 0.167. The van der Waals surface area contributed by atoms with Gasteiger partial charge in [-0.25, -0.2) is 4.98 Å². The summed E-state index contributed by atoms with van der Waals surface area (Å²) < 4.78 is 14.9. The molecule has 0 amide bonds. The van der Waals surface area contributed by atoms with Gasteiger partial charge >= 0.3 is 0 Å². The van der Waals surface area contributed by atoms with Crippen LogP contribution in [0, 0.1) is 0 Å². The van der Waals surface area contributed by atoms with Gasteiger partial charge < -0.3 is 8.83 Å². The van der Waals surface area contributed by atoms with E-state index in [1.54, 1.807) is 0 Å². The number of rotatable bonds is 6. The topological polar surface area (TPSA) is 69.9 Å². The normalized spacial score (nSPS) is 11.9. The van der Waals surface area contributed by atoms with Gasteiger partial charge in [-0.05, 0) is 93.2 Å². The molecule has 6 heteroatoms. The summed E-state index contributed by atoms with van der Waals surface area (Å²) in [7, 11) is 0. The van der Waals surface area contributed by atoms with Crippen LogP contribution in [0.4, 0.5) is 0 Å². The second-order valence-corrected chi connectivity index (χ2v) is 17.1. The summed E-state index contributed by atoms with van der Waals surface area (Å²) >= 11 is 0. The van der Waals surface area contributed by atoms with E-state index in [9.17, 15) is 0 Å². The minimum Gasteiger partial charge on any atom is -0.456 e. The Labute approximate surface area is 383 Å². The number of furan rings is 2. The summed E-state index contributed by atoms with van der Waals surface area (Å²) in [5, 5.41) is 8.97. The maximum Gasteiger partial charge on any atom is 0.238 e. The third-order valence-corrected chi connectivity index (χ3v) is 13.3. The van der Waals surface area contributed by atoms with Crippen molar-refractivity contribution in [3.8, 4) is 62.1 Å². The molecule has 6 nitrogen and oxygen atoms in total. The number of nitrogens with zero attached hydrogens (tertiary/aromatic N) is 4. The van der Waals surface area contributed by atoms with Crippen LogP contribution in [0.1, 0.15) is 0 Å². The highest BCUT2D eigenvalue weighted by Gasteiger charge is 2.23. The second kappa shape index (κ2) is 14.7. The van der Waals surface area contributed by atoms with E-state index in [1.165, 1.54) is 10.8 Å². The fourth-order valence-corrected chi connectivity index (χ4v) is 10.1. The maximum atomic E-state index is 6.37. The van der Waals surface area contributed by atoms with Crippen LogP contribution >= 0.6 is 0 Å². The number of hydrogen-bond acceptors (Lipinski definition) is 5. The van der Waals surface area contributed by atoms with E-state index in [0.29, 0.717) is 17.6 Å². The summed E-state index contributed by atoms with van der Waals surface area (Å²) in [6.45, 7) is 0. The molecule has 10 aromatic carbocycles. The summed E-state index contributed by atoms with van der Waals surface area (Å²) in [4.78, 5) is 15.9. The van der Waals surface area contributed by atoms with Gasteiger partial charge in [0.05, 0.1) is 11.0 Å². The van der Waals surface area contributed by atoms with Gasteiger partial charge in [-0.3, -0.25) is 4.57 Å². The number of aromatic nitrogens is 4. The van der Waals surface area contributed by atoms with Gasteiger partial charge in [-0.1, -0.05) is 164 Å². The van der Waals surface area contributed by atoms with Crippen molar-refractivity contribution in [1.29, 1.82) is 0 Å². The fourth-order valence-electron chi connectivity index (χ4n) is 10.1. The highest BCUT2D eigenvalue weighted by atomic mass is 16.3. The minimum atomic E-state index is 0.529. The van der Waals surface area contributed by atoms with Gasteiger partial charge in [0.15, 0.2) is 11.6 Å². The Kier molecular flexibility index (Phi) is 8.18. The van der Waals surface area contributed by atoms with Crippen LogP contribution in [0.2, 0.25) is 0 Å². The number of hydrogen-bond donors (Lipinski definition) is 0. The van der Waals surface area contributed by atoms with Crippen molar-refractivity contribution >= 4 is 76.5 Å². The molecular formula is C61H36N4O2. The van der Waals surface area contributed by atoms with E-state index in [4.69, 9.17) is 23.8 Å². The molecule has 0 N–H and O–H groups in total. The van der Waals surface area contributed by atoms with E-state index in [1.807, 2.05) is 66.7 Å². The monoisotopic (exact) mass is 856 g/mol. The Morgan fingerprint density at radius 3 is 1.54 bits per heavy atom. The average Bonchev–Trinajstić information content (AvgIpc) is 4.08. The largest absolute Gasteiger partial charge is 0.456 e. The van der Waals surface area contributed by atoms with Gasteiger partial charge in [0.25, 0.3) is 0 Å². The molecule has 14 aromatic rings. The highest BCUT2D eigenvalue weighted by molar-refractivity contribution is 6.23. The van der Waals surface area contributed by atoms with Crippen LogP contribution in [0.15, 0.2) is 227 Å². The molecule has 0 unspecified atom stereocenters. The van der Waals surface area contributed by atoms with Crippen LogP contribution < -0.4 is 0 Å². The predicted molar refractivity (Wildman–Crippen MR) is 273 cm³/mol. The minimum absolute atomic E-state index is 0.529. The second-order valence-electron chi connectivity index (χ2n) is 17.1. The lowest BCUT2D eigenvalue weighted by Gasteiger charge is -2.14. The lowest BCUT2D eigenvalue weighted by Crippen LogP contribution is -2.07. The van der Waals surface area contributed by atoms with Crippen molar-refractivity contribution in [1.82, 2.24) is 19.5 Å². The van der Waals surface area contributed by atoms with Crippen LogP contribution in [0.5, 0.6) is 0 Å². The summed E-state index contributed by atoms with van der Waals surface area (Å²) in [5.74, 6) is 1.67. The lowest BCUT2D eigenvalue weighted by molar-refractivity contribution is 0.668. The van der Waals surface area contributed by atoms with E-state index >= 15 is 0 Å². The molecule has 0 fully saturated rings. The van der Waals surface area contributed by atoms with E-state index < -0.39 is 0 Å². The zero-order valence-corrected chi connectivity index (χ0v) is 35.9. The Balaban J connectivity index is 0.967. The Bertz CT molecular complexity index is 4290. The first-order chi connectivity index (χ1) is 33.2. The number of fused-ring (bicyclic) bond motifs is 11. The molecule has 4 aromatic heterocycles. The van der Waals surface area contributed by atoms with Crippen LogP contribution in [-0.4, -0.2) is 19.5 Å². The number of para-hydroxylation sites is 3. The third-order valence-electron chi connectivity index (χ3n) is 13.3. The molecule has 0 atom stereocenters. The highest BCUT2D eigenvalue weighted by Crippen LogP contribution is 2.42. The molecule has 312 valence electrons. The van der Waals surface area contributed by atoms with Gasteiger partial charge in [0.2, 0.25) is 5.95 Å². The molecule has 14 rings (SSSR count). The molecule has 0 aliphatic heterocycles. The fraction of sp³-hybridized carbons (Fsp3) is 0. The van der Waals surface area contributed by atoms with E-state index in [0.717, 1.165) is 110 Å². The average molecular weight is 857 g/mol. The first-order valence-electron chi connectivity index (χ1n) is 22.5. The van der Waals surface area contributed by atoms with Gasteiger partial charge in [-0.15, -0.1) is 0 Å². The van der Waals surface area contributed by atoms with Crippen molar-refractivity contribution in [3.63, 3.8) is 0 Å². The summed E-state index contributed by atoms with van der Waals surface area (Å²) in [5.41, 5.74) is 13.8. The maximum absolute atomic E-state index is 6.37. The summed E-state index contributed by atoms with van der Waals surface area (Å²) in [6.07, 6.45) is 0. The molecule has 0 aliphatic rings. The van der Waals surface area contributed by atoms with Crippen LogP contribution in [0.3, 0.4) is 0 Å². The molecular weight excluding hydrogens is 821 g/mol. The van der Waals surface area contributed by atoms with Crippen LogP contribution in [0.25, 0.3) is 139 Å². The Morgan fingerprint density at radius 2 is 0.821 bits per heavy atom. The van der Waals surface area contributed by atoms with Crippen molar-refractivity contribution in [2.75, 3.05) is 0 Å². The first-order valence-corrected chi connectivity index (χ1v) is 22.5. The van der Waals surface area contributed by atoms with Crippen molar-refractivity contribution in [2.24, 2.45) is 0 Å². The van der Waals surface area contributed by atoms with Crippen LogP contribution in [-0.2, 0) is 0 Å². The zero-order chi connectivity index (χ0) is 44.0. The van der Waals surface area contributed by atoms with E-state index in [2.05, 4.69) is 156 Å². The standard InChI is InChI=1S/C61H36N4O2/c1-2-14-38(15-3-1)59-62-60(44-28-31-50-48-22-7-9-26-54(48)67-56(50)36-44)64-61(63-59)65-52-32-29-37-13-4-5-20-45(37)57(52)51-24-12-23-46(58(51)65)43-19-11-18-41(34-43)39-16-10-17-40(33-39)42-27-30-49-47-21-6-8-25-53(47)66-55(49)35-42/h1-36H. The molecule has 0 bridgehead atoms. The van der Waals surface area contributed by atoms with Gasteiger partial charge in [-0.2, -0.15) is 9.97 Å². The van der Waals surface area contributed by atoms with E-state index in [-0.39, 0.29) is 0 Å².